The Balaban J connectivity index is 2.21. The number of thiocarbonyl (C=S) groups is 1. The van der Waals surface area contributed by atoms with E-state index in [4.69, 9.17) is 22.7 Å². The van der Waals surface area contributed by atoms with E-state index >= 15 is 0 Å². The van der Waals surface area contributed by atoms with Crippen molar-refractivity contribution in [1.29, 1.82) is 0 Å². The zero-order chi connectivity index (χ0) is 14.7. The Hall–Kier alpha value is -1.62. The average Bonchev–Trinajstić information content (AvgIpc) is 2.59. The summed E-state index contributed by atoms with van der Waals surface area (Å²) in [5, 5.41) is 0. The standard InChI is InChI=1S/C15H20N2O2S/c1-10(2)13(14(16)20)15(18)17-7-8-19-12-6-4-3-5-11(12)9-17/h3-6,10,13H,7-9H2,1-2H3,(H2,16,20). The zero-order valence-electron chi connectivity index (χ0n) is 11.8. The topological polar surface area (TPSA) is 55.6 Å². The maximum atomic E-state index is 12.6. The molecule has 0 aromatic heterocycles. The molecule has 1 atom stereocenters. The molecule has 1 aromatic carbocycles. The number of carbonyl (C=O) groups excluding carboxylic acids is 1. The molecule has 0 saturated carbocycles. The van der Waals surface area contributed by atoms with Crippen molar-refractivity contribution in [1.82, 2.24) is 4.90 Å². The van der Waals surface area contributed by atoms with Gasteiger partial charge in [0.1, 0.15) is 12.4 Å². The summed E-state index contributed by atoms with van der Waals surface area (Å²) in [5.74, 6) is 0.529. The molecule has 1 aliphatic heterocycles. The van der Waals surface area contributed by atoms with Crippen molar-refractivity contribution in [3.63, 3.8) is 0 Å². The van der Waals surface area contributed by atoms with Gasteiger partial charge in [-0.3, -0.25) is 4.79 Å². The Labute approximate surface area is 124 Å². The van der Waals surface area contributed by atoms with Crippen molar-refractivity contribution in [2.45, 2.75) is 20.4 Å². The Bertz CT molecular complexity index is 516. The number of carbonyl (C=O) groups is 1. The molecular formula is C15H20N2O2S. The molecule has 2 N–H and O–H groups in total. The molecule has 108 valence electrons. The van der Waals surface area contributed by atoms with Crippen LogP contribution in [0.2, 0.25) is 0 Å². The molecule has 1 amide bonds. The fourth-order valence-corrected chi connectivity index (χ4v) is 2.82. The fourth-order valence-electron chi connectivity index (χ4n) is 2.45. The summed E-state index contributed by atoms with van der Waals surface area (Å²) >= 11 is 5.05. The van der Waals surface area contributed by atoms with Crippen LogP contribution in [0.15, 0.2) is 24.3 Å². The molecule has 0 radical (unpaired) electrons. The molecule has 1 aromatic rings. The number of para-hydroxylation sites is 1. The van der Waals surface area contributed by atoms with Crippen LogP contribution in [0.5, 0.6) is 5.75 Å². The summed E-state index contributed by atoms with van der Waals surface area (Å²) in [4.78, 5) is 14.7. The second kappa shape index (κ2) is 6.22. The number of rotatable bonds is 3. The van der Waals surface area contributed by atoms with E-state index in [1.807, 2.05) is 38.1 Å². The number of fused-ring (bicyclic) bond motifs is 1. The minimum Gasteiger partial charge on any atom is -0.491 e. The maximum absolute atomic E-state index is 12.6. The van der Waals surface area contributed by atoms with Crippen LogP contribution < -0.4 is 10.5 Å². The van der Waals surface area contributed by atoms with Gasteiger partial charge in [0.15, 0.2) is 0 Å². The third kappa shape index (κ3) is 3.10. The van der Waals surface area contributed by atoms with Crippen molar-refractivity contribution in [3.05, 3.63) is 29.8 Å². The van der Waals surface area contributed by atoms with Gasteiger partial charge >= 0.3 is 0 Å². The van der Waals surface area contributed by atoms with E-state index in [1.54, 1.807) is 4.90 Å². The highest BCUT2D eigenvalue weighted by molar-refractivity contribution is 7.80. The highest BCUT2D eigenvalue weighted by Gasteiger charge is 2.30. The van der Waals surface area contributed by atoms with E-state index < -0.39 is 5.92 Å². The number of amides is 1. The van der Waals surface area contributed by atoms with Crippen LogP contribution in [0.25, 0.3) is 0 Å². The molecule has 0 bridgehead atoms. The van der Waals surface area contributed by atoms with E-state index in [0.29, 0.717) is 19.7 Å². The van der Waals surface area contributed by atoms with Crippen LogP contribution >= 0.6 is 12.2 Å². The number of nitrogens with zero attached hydrogens (tertiary/aromatic N) is 1. The molecule has 0 spiro atoms. The summed E-state index contributed by atoms with van der Waals surface area (Å²) in [6.45, 7) is 5.51. The normalized spacial score (nSPS) is 16.1. The summed E-state index contributed by atoms with van der Waals surface area (Å²) in [5.41, 5.74) is 6.75. The predicted octanol–water partition coefficient (Wildman–Crippen LogP) is 1.97. The van der Waals surface area contributed by atoms with E-state index in [-0.39, 0.29) is 16.8 Å². The van der Waals surface area contributed by atoms with Gasteiger partial charge in [-0.15, -0.1) is 0 Å². The second-order valence-corrected chi connectivity index (χ2v) is 5.81. The Morgan fingerprint density at radius 2 is 2.10 bits per heavy atom. The van der Waals surface area contributed by atoms with Crippen LogP contribution in [0, 0.1) is 11.8 Å². The van der Waals surface area contributed by atoms with Crippen molar-refractivity contribution >= 4 is 23.1 Å². The summed E-state index contributed by atoms with van der Waals surface area (Å²) < 4.78 is 5.67. The van der Waals surface area contributed by atoms with Gasteiger partial charge in [0, 0.05) is 12.1 Å². The molecule has 1 unspecified atom stereocenters. The van der Waals surface area contributed by atoms with Gasteiger partial charge in [0.2, 0.25) is 5.91 Å². The number of nitrogens with two attached hydrogens (primary N) is 1. The SMILES string of the molecule is CC(C)C(C(=O)N1CCOc2ccccc2C1)C(N)=S. The number of hydrogen-bond donors (Lipinski definition) is 1. The van der Waals surface area contributed by atoms with Gasteiger partial charge in [-0.2, -0.15) is 0 Å². The molecule has 2 rings (SSSR count). The predicted molar refractivity (Wildman–Crippen MR) is 82.5 cm³/mol. The van der Waals surface area contributed by atoms with Gasteiger partial charge in [0.05, 0.1) is 17.5 Å². The van der Waals surface area contributed by atoms with Crippen LogP contribution in [-0.4, -0.2) is 28.9 Å². The van der Waals surface area contributed by atoms with Crippen LogP contribution in [0.4, 0.5) is 0 Å². The van der Waals surface area contributed by atoms with Crippen molar-refractivity contribution < 1.29 is 9.53 Å². The lowest BCUT2D eigenvalue weighted by Crippen LogP contribution is -2.44. The first-order valence-electron chi connectivity index (χ1n) is 6.79. The molecule has 0 saturated heterocycles. The lowest BCUT2D eigenvalue weighted by atomic mass is 9.94. The number of hydrogen-bond acceptors (Lipinski definition) is 3. The first kappa shape index (κ1) is 14.8. The molecule has 0 fully saturated rings. The van der Waals surface area contributed by atoms with Gasteiger partial charge in [0.25, 0.3) is 0 Å². The van der Waals surface area contributed by atoms with Gasteiger partial charge in [-0.25, -0.2) is 0 Å². The third-order valence-corrected chi connectivity index (χ3v) is 3.76. The Kier molecular flexibility index (Phi) is 4.60. The van der Waals surface area contributed by atoms with Crippen molar-refractivity contribution in [2.24, 2.45) is 17.6 Å². The Morgan fingerprint density at radius 3 is 2.75 bits per heavy atom. The first-order chi connectivity index (χ1) is 9.50. The number of ether oxygens (including phenoxy) is 1. The van der Waals surface area contributed by atoms with Crippen LogP contribution in [0.1, 0.15) is 19.4 Å². The summed E-state index contributed by atoms with van der Waals surface area (Å²) in [6.07, 6.45) is 0. The third-order valence-electron chi connectivity index (χ3n) is 3.50. The van der Waals surface area contributed by atoms with Crippen LogP contribution in [-0.2, 0) is 11.3 Å². The minimum absolute atomic E-state index is 0.00666. The Morgan fingerprint density at radius 1 is 1.40 bits per heavy atom. The second-order valence-electron chi connectivity index (χ2n) is 5.34. The first-order valence-corrected chi connectivity index (χ1v) is 7.20. The molecular weight excluding hydrogens is 272 g/mol. The molecule has 1 aliphatic rings. The quantitative estimate of drug-likeness (QED) is 0.865. The van der Waals surface area contributed by atoms with Crippen LogP contribution in [0.3, 0.4) is 0 Å². The molecule has 4 nitrogen and oxygen atoms in total. The van der Waals surface area contributed by atoms with E-state index in [0.717, 1.165) is 11.3 Å². The summed E-state index contributed by atoms with van der Waals surface area (Å²) in [7, 11) is 0. The lowest BCUT2D eigenvalue weighted by Gasteiger charge is -2.27. The monoisotopic (exact) mass is 292 g/mol. The maximum Gasteiger partial charge on any atom is 0.233 e. The van der Waals surface area contributed by atoms with Gasteiger partial charge in [-0.1, -0.05) is 44.3 Å². The highest BCUT2D eigenvalue weighted by Crippen LogP contribution is 2.24. The fraction of sp³-hybridized carbons (Fsp3) is 0.467. The lowest BCUT2D eigenvalue weighted by molar-refractivity contribution is -0.135. The molecule has 1 heterocycles. The van der Waals surface area contributed by atoms with Crippen molar-refractivity contribution in [3.8, 4) is 5.75 Å². The van der Waals surface area contributed by atoms with Crippen molar-refractivity contribution in [2.75, 3.05) is 13.2 Å². The van der Waals surface area contributed by atoms with Gasteiger partial charge < -0.3 is 15.4 Å². The molecule has 20 heavy (non-hydrogen) atoms. The molecule has 5 heteroatoms. The summed E-state index contributed by atoms with van der Waals surface area (Å²) in [6, 6.07) is 7.79. The molecule has 0 aliphatic carbocycles. The van der Waals surface area contributed by atoms with E-state index in [1.165, 1.54) is 0 Å². The van der Waals surface area contributed by atoms with Gasteiger partial charge in [-0.05, 0) is 12.0 Å². The zero-order valence-corrected chi connectivity index (χ0v) is 12.7. The van der Waals surface area contributed by atoms with E-state index in [9.17, 15) is 4.79 Å². The number of benzene rings is 1. The van der Waals surface area contributed by atoms with E-state index in [2.05, 4.69) is 0 Å². The largest absolute Gasteiger partial charge is 0.491 e. The highest BCUT2D eigenvalue weighted by atomic mass is 32.1. The average molecular weight is 292 g/mol. The smallest absolute Gasteiger partial charge is 0.233 e. The minimum atomic E-state index is -0.407.